The molecular weight excluding hydrogens is 226 g/mol. The molecule has 0 bridgehead atoms. The van der Waals surface area contributed by atoms with Gasteiger partial charge in [0.2, 0.25) is 0 Å². The van der Waals surface area contributed by atoms with Crippen molar-refractivity contribution < 1.29 is 4.79 Å². The fraction of sp³-hybridized carbons (Fsp3) is 0. The van der Waals surface area contributed by atoms with Crippen LogP contribution in [0.5, 0.6) is 0 Å². The minimum Gasteiger partial charge on any atom is -0.352 e. The summed E-state index contributed by atoms with van der Waals surface area (Å²) in [5, 5.41) is 2.40. The molecule has 90 valence electrons. The van der Waals surface area contributed by atoms with Crippen LogP contribution in [0.4, 0.5) is 4.79 Å². The van der Waals surface area contributed by atoms with Crippen LogP contribution < -0.4 is 11.5 Å². The number of benzene rings is 2. The van der Waals surface area contributed by atoms with Crippen LogP contribution in [0.3, 0.4) is 0 Å². The van der Waals surface area contributed by atoms with E-state index in [0.717, 1.165) is 11.0 Å². The van der Waals surface area contributed by atoms with E-state index in [1.807, 2.05) is 36.4 Å². The molecule has 0 atom stereocenters. The second-order valence-corrected chi connectivity index (χ2v) is 3.78. The number of aromatic nitrogens is 1. The van der Waals surface area contributed by atoms with Gasteiger partial charge in [-0.25, -0.2) is 9.78 Å². The maximum absolute atomic E-state index is 9.00. The van der Waals surface area contributed by atoms with E-state index >= 15 is 0 Å². The maximum Gasteiger partial charge on any atom is 0.309 e. The summed E-state index contributed by atoms with van der Waals surface area (Å²) in [6.07, 6.45) is 0. The maximum atomic E-state index is 9.00. The first-order valence-corrected chi connectivity index (χ1v) is 5.46. The highest BCUT2D eigenvalue weighted by Gasteiger charge is 1.96. The predicted molar refractivity (Wildman–Crippen MR) is 73.0 cm³/mol. The number of pyridine rings is 1. The van der Waals surface area contributed by atoms with Crippen LogP contribution in [0, 0.1) is 0 Å². The van der Waals surface area contributed by atoms with E-state index in [9.17, 15) is 0 Å². The lowest BCUT2D eigenvalue weighted by atomic mass is 10.1. The van der Waals surface area contributed by atoms with Crippen molar-refractivity contribution in [1.29, 1.82) is 0 Å². The molecule has 1 aromatic heterocycles. The molecule has 4 heteroatoms. The van der Waals surface area contributed by atoms with Gasteiger partial charge in [0.15, 0.2) is 0 Å². The Kier molecular flexibility index (Phi) is 3.38. The summed E-state index contributed by atoms with van der Waals surface area (Å²) < 4.78 is 0. The van der Waals surface area contributed by atoms with Crippen LogP contribution in [-0.2, 0) is 0 Å². The zero-order valence-corrected chi connectivity index (χ0v) is 9.71. The molecule has 18 heavy (non-hydrogen) atoms. The summed E-state index contributed by atoms with van der Waals surface area (Å²) in [7, 11) is 0. The number of para-hydroxylation sites is 2. The third-order valence-corrected chi connectivity index (χ3v) is 2.43. The Morgan fingerprint density at radius 1 is 0.833 bits per heavy atom. The summed E-state index contributed by atoms with van der Waals surface area (Å²) in [5.74, 6) is 0. The first-order chi connectivity index (χ1) is 8.66. The highest BCUT2D eigenvalue weighted by atomic mass is 16.2. The highest BCUT2D eigenvalue weighted by Crippen LogP contribution is 2.18. The molecule has 3 rings (SSSR count). The number of primary amides is 2. The summed E-state index contributed by atoms with van der Waals surface area (Å²) in [4.78, 5) is 13.6. The second-order valence-electron chi connectivity index (χ2n) is 3.78. The molecule has 0 aliphatic rings. The second kappa shape index (κ2) is 5.14. The SMILES string of the molecule is NC(N)=O.c1ccc2nc3ccccc3cc2c1. The predicted octanol–water partition coefficient (Wildman–Crippen LogP) is 2.41. The van der Waals surface area contributed by atoms with Crippen LogP contribution in [0.1, 0.15) is 0 Å². The van der Waals surface area contributed by atoms with Crippen molar-refractivity contribution in [3.63, 3.8) is 0 Å². The Morgan fingerprint density at radius 3 is 1.67 bits per heavy atom. The van der Waals surface area contributed by atoms with E-state index in [-0.39, 0.29) is 0 Å². The summed E-state index contributed by atoms with van der Waals surface area (Å²) >= 11 is 0. The Morgan fingerprint density at radius 2 is 1.22 bits per heavy atom. The Hall–Kier alpha value is -2.62. The van der Waals surface area contributed by atoms with Gasteiger partial charge in [0.25, 0.3) is 0 Å². The van der Waals surface area contributed by atoms with E-state index in [2.05, 4.69) is 34.7 Å². The molecule has 1 heterocycles. The zero-order chi connectivity index (χ0) is 13.0. The molecule has 0 unspecified atom stereocenters. The first-order valence-electron chi connectivity index (χ1n) is 5.46. The van der Waals surface area contributed by atoms with Crippen molar-refractivity contribution in [2.75, 3.05) is 0 Å². The topological polar surface area (TPSA) is 82.0 Å². The van der Waals surface area contributed by atoms with Crippen LogP contribution in [0.2, 0.25) is 0 Å². The van der Waals surface area contributed by atoms with Gasteiger partial charge in [-0.2, -0.15) is 0 Å². The number of nitrogens with zero attached hydrogens (tertiary/aromatic N) is 1. The molecule has 0 saturated carbocycles. The lowest BCUT2D eigenvalue weighted by Crippen LogP contribution is -2.18. The van der Waals surface area contributed by atoms with Crippen LogP contribution in [0.25, 0.3) is 21.8 Å². The minimum atomic E-state index is -0.833. The average molecular weight is 239 g/mol. The number of carbonyl (C=O) groups excluding carboxylic acids is 1. The van der Waals surface area contributed by atoms with Gasteiger partial charge in [0.05, 0.1) is 11.0 Å². The summed E-state index contributed by atoms with van der Waals surface area (Å²) in [6, 6.07) is 17.7. The Bertz CT molecular complexity index is 586. The largest absolute Gasteiger partial charge is 0.352 e. The van der Waals surface area contributed by atoms with E-state index in [4.69, 9.17) is 4.79 Å². The third kappa shape index (κ3) is 2.74. The van der Waals surface area contributed by atoms with Crippen molar-refractivity contribution in [1.82, 2.24) is 4.98 Å². The smallest absolute Gasteiger partial charge is 0.309 e. The average Bonchev–Trinajstić information content (AvgIpc) is 2.35. The van der Waals surface area contributed by atoms with Crippen molar-refractivity contribution in [2.45, 2.75) is 0 Å². The molecule has 0 aliphatic carbocycles. The lowest BCUT2D eigenvalue weighted by molar-refractivity contribution is 0.256. The number of urea groups is 1. The van der Waals surface area contributed by atoms with Crippen molar-refractivity contribution in [3.05, 3.63) is 54.6 Å². The van der Waals surface area contributed by atoms with Crippen LogP contribution in [-0.4, -0.2) is 11.0 Å². The third-order valence-electron chi connectivity index (χ3n) is 2.43. The van der Waals surface area contributed by atoms with Gasteiger partial charge in [0, 0.05) is 10.8 Å². The Labute approximate surface area is 104 Å². The summed E-state index contributed by atoms with van der Waals surface area (Å²) in [5.41, 5.74) is 10.6. The number of nitrogens with two attached hydrogens (primary N) is 2. The molecule has 0 spiro atoms. The zero-order valence-electron chi connectivity index (χ0n) is 9.71. The molecule has 4 N–H and O–H groups in total. The standard InChI is InChI=1S/C13H9N.CH4N2O/c1-3-7-12-10(5-1)9-11-6-2-4-8-13(11)14-12;2-1(3)4/h1-9H;(H4,2,3,4). The van der Waals surface area contributed by atoms with Gasteiger partial charge < -0.3 is 11.5 Å². The monoisotopic (exact) mass is 239 g/mol. The van der Waals surface area contributed by atoms with E-state index in [0.29, 0.717) is 0 Å². The van der Waals surface area contributed by atoms with Crippen molar-refractivity contribution >= 4 is 27.8 Å². The number of carbonyl (C=O) groups is 1. The van der Waals surface area contributed by atoms with E-state index < -0.39 is 6.03 Å². The quantitative estimate of drug-likeness (QED) is 0.590. The minimum absolute atomic E-state index is 0.833. The van der Waals surface area contributed by atoms with Gasteiger partial charge in [0.1, 0.15) is 0 Å². The number of fused-ring (bicyclic) bond motifs is 2. The number of hydrogen-bond acceptors (Lipinski definition) is 2. The van der Waals surface area contributed by atoms with E-state index in [1.165, 1.54) is 10.8 Å². The fourth-order valence-electron chi connectivity index (χ4n) is 1.72. The van der Waals surface area contributed by atoms with Gasteiger partial charge in [-0.05, 0) is 18.2 Å². The van der Waals surface area contributed by atoms with Gasteiger partial charge in [-0.1, -0.05) is 36.4 Å². The molecule has 2 aromatic carbocycles. The van der Waals surface area contributed by atoms with Gasteiger partial charge in [-0.3, -0.25) is 0 Å². The van der Waals surface area contributed by atoms with E-state index in [1.54, 1.807) is 0 Å². The lowest BCUT2D eigenvalue weighted by Gasteiger charge is -1.99. The van der Waals surface area contributed by atoms with Crippen molar-refractivity contribution in [3.8, 4) is 0 Å². The van der Waals surface area contributed by atoms with Crippen LogP contribution in [0.15, 0.2) is 54.6 Å². The summed E-state index contributed by atoms with van der Waals surface area (Å²) in [6.45, 7) is 0. The molecule has 0 fully saturated rings. The highest BCUT2D eigenvalue weighted by molar-refractivity contribution is 5.92. The Balaban J connectivity index is 0.000000267. The molecule has 0 radical (unpaired) electrons. The molecular formula is C14H13N3O. The molecule has 3 aromatic rings. The molecule has 2 amide bonds. The van der Waals surface area contributed by atoms with Gasteiger partial charge >= 0.3 is 6.03 Å². The molecule has 4 nitrogen and oxygen atoms in total. The van der Waals surface area contributed by atoms with Crippen LogP contribution >= 0.6 is 0 Å². The van der Waals surface area contributed by atoms with Gasteiger partial charge in [-0.15, -0.1) is 0 Å². The number of rotatable bonds is 0. The first kappa shape index (κ1) is 11.9. The number of hydrogen-bond donors (Lipinski definition) is 2. The normalized spacial score (nSPS) is 9.78. The molecule has 0 saturated heterocycles. The molecule has 0 aliphatic heterocycles. The van der Waals surface area contributed by atoms with Crippen molar-refractivity contribution in [2.24, 2.45) is 11.5 Å². The number of amides is 2. The fourth-order valence-corrected chi connectivity index (χ4v) is 1.72.